The van der Waals surface area contributed by atoms with Crippen molar-refractivity contribution in [3.63, 3.8) is 0 Å². The van der Waals surface area contributed by atoms with Gasteiger partial charge < -0.3 is 5.32 Å². The van der Waals surface area contributed by atoms with E-state index in [-0.39, 0.29) is 6.04 Å². The van der Waals surface area contributed by atoms with E-state index in [1.54, 1.807) is 0 Å². The molecule has 1 N–H and O–H groups in total. The van der Waals surface area contributed by atoms with Gasteiger partial charge in [0.15, 0.2) is 0 Å². The van der Waals surface area contributed by atoms with E-state index in [0.29, 0.717) is 0 Å². The average Bonchev–Trinajstić information content (AvgIpc) is 1.99. The molecule has 1 unspecified atom stereocenters. The molecular weight excluding hydrogens is 122 g/mol. The molecule has 0 radical (unpaired) electrons. The minimum Gasteiger partial charge on any atom is -0.300 e. The Hall–Kier alpha value is -0.740. The zero-order valence-electron chi connectivity index (χ0n) is 6.72. The van der Waals surface area contributed by atoms with Crippen molar-refractivity contribution in [3.05, 3.63) is 12.2 Å². The second kappa shape index (κ2) is 6.38. The molecular formula is C9H15N. The van der Waals surface area contributed by atoms with Gasteiger partial charge in [0, 0.05) is 6.54 Å². The highest BCUT2D eigenvalue weighted by Gasteiger charge is 1.95. The largest absolute Gasteiger partial charge is 0.300 e. The van der Waals surface area contributed by atoms with Gasteiger partial charge in [-0.3, -0.25) is 0 Å². The first-order chi connectivity index (χ1) is 4.85. The van der Waals surface area contributed by atoms with Gasteiger partial charge in [-0.25, -0.2) is 0 Å². The van der Waals surface area contributed by atoms with Gasteiger partial charge in [0.05, 0.1) is 6.04 Å². The van der Waals surface area contributed by atoms with E-state index in [0.717, 1.165) is 13.0 Å². The van der Waals surface area contributed by atoms with Gasteiger partial charge in [0.1, 0.15) is 0 Å². The molecule has 1 heteroatoms. The van der Waals surface area contributed by atoms with Gasteiger partial charge in [0.25, 0.3) is 0 Å². The SMILES string of the molecule is C#CC(CC)NC/C=C/C. The number of terminal acetylenes is 1. The summed E-state index contributed by atoms with van der Waals surface area (Å²) in [6.07, 6.45) is 10.3. The molecule has 0 aliphatic carbocycles. The Balaban J connectivity index is 3.37. The zero-order chi connectivity index (χ0) is 7.82. The lowest BCUT2D eigenvalue weighted by molar-refractivity contribution is 0.633. The van der Waals surface area contributed by atoms with Crippen LogP contribution in [0.1, 0.15) is 20.3 Å². The first-order valence-corrected chi connectivity index (χ1v) is 3.65. The van der Waals surface area contributed by atoms with E-state index in [1.165, 1.54) is 0 Å². The van der Waals surface area contributed by atoms with Gasteiger partial charge in [-0.1, -0.05) is 25.0 Å². The fourth-order valence-corrected chi connectivity index (χ4v) is 0.649. The summed E-state index contributed by atoms with van der Waals surface area (Å²) >= 11 is 0. The normalized spacial score (nSPS) is 13.3. The quantitative estimate of drug-likeness (QED) is 0.458. The molecule has 1 nitrogen and oxygen atoms in total. The summed E-state index contributed by atoms with van der Waals surface area (Å²) in [6.45, 7) is 4.95. The maximum atomic E-state index is 5.23. The molecule has 0 amide bonds. The number of allylic oxidation sites excluding steroid dienone is 1. The zero-order valence-corrected chi connectivity index (χ0v) is 6.72. The van der Waals surface area contributed by atoms with Crippen LogP contribution in [0.15, 0.2) is 12.2 Å². The molecule has 0 aromatic heterocycles. The fourth-order valence-electron chi connectivity index (χ4n) is 0.649. The molecule has 56 valence electrons. The second-order valence-corrected chi connectivity index (χ2v) is 2.10. The maximum Gasteiger partial charge on any atom is 0.0686 e. The average molecular weight is 137 g/mol. The molecule has 0 saturated heterocycles. The molecule has 0 rings (SSSR count). The number of hydrogen-bond acceptors (Lipinski definition) is 1. The molecule has 0 fully saturated rings. The monoisotopic (exact) mass is 137 g/mol. The van der Waals surface area contributed by atoms with Gasteiger partial charge in [0.2, 0.25) is 0 Å². The van der Waals surface area contributed by atoms with Crippen molar-refractivity contribution < 1.29 is 0 Å². The van der Waals surface area contributed by atoms with E-state index < -0.39 is 0 Å². The Morgan fingerprint density at radius 2 is 2.40 bits per heavy atom. The fraction of sp³-hybridized carbons (Fsp3) is 0.556. The molecule has 0 aliphatic rings. The molecule has 0 saturated carbocycles. The summed E-state index contributed by atoms with van der Waals surface area (Å²) in [4.78, 5) is 0. The highest BCUT2D eigenvalue weighted by molar-refractivity contribution is 4.99. The Morgan fingerprint density at radius 3 is 2.80 bits per heavy atom. The highest BCUT2D eigenvalue weighted by Crippen LogP contribution is 1.86. The predicted octanol–water partition coefficient (Wildman–Crippen LogP) is 1.56. The summed E-state index contributed by atoms with van der Waals surface area (Å²) in [5.74, 6) is 2.67. The van der Waals surface area contributed by atoms with Crippen LogP contribution in [0.4, 0.5) is 0 Å². The molecule has 0 aromatic carbocycles. The minimum atomic E-state index is 0.233. The number of hydrogen-bond donors (Lipinski definition) is 1. The van der Waals surface area contributed by atoms with Crippen LogP contribution in [-0.2, 0) is 0 Å². The molecule has 1 atom stereocenters. The van der Waals surface area contributed by atoms with Gasteiger partial charge in [-0.15, -0.1) is 6.42 Å². The van der Waals surface area contributed by atoms with Crippen LogP contribution < -0.4 is 5.32 Å². The smallest absolute Gasteiger partial charge is 0.0686 e. The van der Waals surface area contributed by atoms with Gasteiger partial charge in [-0.2, -0.15) is 0 Å². The van der Waals surface area contributed by atoms with Crippen LogP contribution in [0, 0.1) is 12.3 Å². The number of rotatable bonds is 4. The van der Waals surface area contributed by atoms with Crippen molar-refractivity contribution in [3.8, 4) is 12.3 Å². The molecule has 0 aromatic rings. The number of nitrogens with one attached hydrogen (secondary N) is 1. The lowest BCUT2D eigenvalue weighted by atomic mass is 10.2. The standard InChI is InChI=1S/C9H15N/c1-4-7-8-10-9(5-2)6-3/h2,4,7,9-10H,6,8H2,1,3H3/b7-4+. The van der Waals surface area contributed by atoms with Crippen LogP contribution in [0.2, 0.25) is 0 Å². The van der Waals surface area contributed by atoms with E-state index >= 15 is 0 Å². The van der Waals surface area contributed by atoms with Crippen molar-refractivity contribution in [2.75, 3.05) is 6.54 Å². The summed E-state index contributed by atoms with van der Waals surface area (Å²) in [5.41, 5.74) is 0. The van der Waals surface area contributed by atoms with Crippen molar-refractivity contribution >= 4 is 0 Å². The van der Waals surface area contributed by atoms with Crippen molar-refractivity contribution in [1.29, 1.82) is 0 Å². The third-order valence-electron chi connectivity index (χ3n) is 1.33. The lowest BCUT2D eigenvalue weighted by Gasteiger charge is -2.06. The molecule has 0 aliphatic heterocycles. The van der Waals surface area contributed by atoms with Crippen LogP contribution >= 0.6 is 0 Å². The second-order valence-electron chi connectivity index (χ2n) is 2.10. The molecule has 10 heavy (non-hydrogen) atoms. The Morgan fingerprint density at radius 1 is 1.70 bits per heavy atom. The summed E-state index contributed by atoms with van der Waals surface area (Å²) in [5, 5.41) is 3.20. The predicted molar refractivity (Wildman–Crippen MR) is 45.7 cm³/mol. The van der Waals surface area contributed by atoms with Crippen molar-refractivity contribution in [2.45, 2.75) is 26.3 Å². The van der Waals surface area contributed by atoms with E-state index in [4.69, 9.17) is 6.42 Å². The minimum absolute atomic E-state index is 0.233. The third-order valence-corrected chi connectivity index (χ3v) is 1.33. The van der Waals surface area contributed by atoms with E-state index in [1.807, 2.05) is 13.0 Å². The Bertz CT molecular complexity index is 130. The van der Waals surface area contributed by atoms with Crippen LogP contribution in [0.5, 0.6) is 0 Å². The third kappa shape index (κ3) is 4.17. The van der Waals surface area contributed by atoms with Gasteiger partial charge >= 0.3 is 0 Å². The lowest BCUT2D eigenvalue weighted by Crippen LogP contribution is -2.26. The van der Waals surface area contributed by atoms with Gasteiger partial charge in [-0.05, 0) is 13.3 Å². The molecule has 0 spiro atoms. The van der Waals surface area contributed by atoms with Crippen LogP contribution in [0.3, 0.4) is 0 Å². The van der Waals surface area contributed by atoms with E-state index in [9.17, 15) is 0 Å². The molecule has 0 heterocycles. The van der Waals surface area contributed by atoms with Crippen molar-refractivity contribution in [2.24, 2.45) is 0 Å². The first kappa shape index (κ1) is 9.26. The summed E-state index contributed by atoms with van der Waals surface area (Å²) < 4.78 is 0. The van der Waals surface area contributed by atoms with E-state index in [2.05, 4.69) is 24.2 Å². The summed E-state index contributed by atoms with van der Waals surface area (Å²) in [7, 11) is 0. The first-order valence-electron chi connectivity index (χ1n) is 3.65. The molecule has 0 bridgehead atoms. The van der Waals surface area contributed by atoms with Crippen LogP contribution in [0.25, 0.3) is 0 Å². The van der Waals surface area contributed by atoms with Crippen LogP contribution in [-0.4, -0.2) is 12.6 Å². The summed E-state index contributed by atoms with van der Waals surface area (Å²) in [6, 6.07) is 0.233. The topological polar surface area (TPSA) is 12.0 Å². The Kier molecular flexibility index (Phi) is 5.91. The highest BCUT2D eigenvalue weighted by atomic mass is 14.9. The Labute approximate surface area is 63.5 Å². The van der Waals surface area contributed by atoms with Crippen molar-refractivity contribution in [1.82, 2.24) is 5.32 Å². The maximum absolute atomic E-state index is 5.23.